The van der Waals surface area contributed by atoms with E-state index in [-0.39, 0.29) is 5.69 Å². The number of methoxy groups -OCH3 is 1. The third-order valence-corrected chi connectivity index (χ3v) is 4.55. The summed E-state index contributed by atoms with van der Waals surface area (Å²) >= 11 is 2.18. The van der Waals surface area contributed by atoms with Crippen LogP contribution in [0.25, 0.3) is 5.69 Å². The van der Waals surface area contributed by atoms with E-state index < -0.39 is 17.2 Å². The molecule has 2 N–H and O–H groups in total. The topological polar surface area (TPSA) is 93.5 Å². The molecular formula is C19H16IN3O4. The fraction of sp³-hybridized carbons (Fsp3) is 0.105. The van der Waals surface area contributed by atoms with Gasteiger partial charge in [-0.3, -0.25) is 9.59 Å². The van der Waals surface area contributed by atoms with Gasteiger partial charge in [0.1, 0.15) is 11.4 Å². The normalized spacial score (nSPS) is 10.5. The van der Waals surface area contributed by atoms with Gasteiger partial charge in [-0.2, -0.15) is 9.78 Å². The number of aromatic nitrogens is 2. The van der Waals surface area contributed by atoms with Gasteiger partial charge in [0.15, 0.2) is 11.4 Å². The first-order chi connectivity index (χ1) is 12.9. The lowest BCUT2D eigenvalue weighted by Crippen LogP contribution is -2.25. The van der Waals surface area contributed by atoms with Gasteiger partial charge < -0.3 is 15.2 Å². The van der Waals surface area contributed by atoms with Gasteiger partial charge in [0, 0.05) is 15.3 Å². The van der Waals surface area contributed by atoms with Crippen molar-refractivity contribution in [2.75, 3.05) is 12.4 Å². The van der Waals surface area contributed by atoms with Crippen LogP contribution >= 0.6 is 22.6 Å². The maximum atomic E-state index is 12.6. The second-order valence-corrected chi connectivity index (χ2v) is 6.96. The van der Waals surface area contributed by atoms with Crippen molar-refractivity contribution in [3.63, 3.8) is 0 Å². The summed E-state index contributed by atoms with van der Waals surface area (Å²) in [6, 6.07) is 13.3. The molecule has 0 atom stereocenters. The number of carbonyl (C=O) groups is 1. The number of nitrogens with one attached hydrogen (secondary N) is 1. The standard InChI is InChI=1S/C19H16IN3O4/c1-11-9-12(20)7-8-13(11)21-19(26)18-15(24)10-17(25)23(22-18)14-5-3-4-6-16(14)27-2/h3-10,24H,1-2H3,(H,21,26). The summed E-state index contributed by atoms with van der Waals surface area (Å²) in [5, 5.41) is 16.8. The van der Waals surface area contributed by atoms with E-state index in [0.717, 1.165) is 19.9 Å². The number of aryl methyl sites for hydroxylation is 1. The van der Waals surface area contributed by atoms with E-state index in [2.05, 4.69) is 33.0 Å². The summed E-state index contributed by atoms with van der Waals surface area (Å²) in [5.74, 6) is -0.704. The number of amides is 1. The molecule has 0 saturated heterocycles. The molecule has 0 saturated carbocycles. The zero-order valence-electron chi connectivity index (χ0n) is 14.6. The largest absolute Gasteiger partial charge is 0.505 e. The first kappa shape index (κ1) is 18.9. The summed E-state index contributed by atoms with van der Waals surface area (Å²) < 4.78 is 7.30. The number of ether oxygens (including phenoxy) is 1. The van der Waals surface area contributed by atoms with E-state index in [1.807, 2.05) is 19.1 Å². The molecule has 3 rings (SSSR count). The predicted octanol–water partition coefficient (Wildman–Crippen LogP) is 3.11. The Bertz CT molecular complexity index is 1080. The van der Waals surface area contributed by atoms with Crippen LogP contribution in [0, 0.1) is 10.5 Å². The molecule has 0 radical (unpaired) electrons. The number of aromatic hydroxyl groups is 1. The van der Waals surface area contributed by atoms with Crippen LogP contribution in [0.15, 0.2) is 53.3 Å². The molecule has 0 fully saturated rings. The molecule has 2 aromatic carbocycles. The lowest BCUT2D eigenvalue weighted by Gasteiger charge is -2.12. The molecule has 8 heteroatoms. The van der Waals surface area contributed by atoms with Gasteiger partial charge in [0.05, 0.1) is 7.11 Å². The molecule has 1 aromatic heterocycles. The molecule has 0 aliphatic heterocycles. The SMILES string of the molecule is COc1ccccc1-n1nc(C(=O)Nc2ccc(I)cc2C)c(O)cc1=O. The number of hydrogen-bond acceptors (Lipinski definition) is 5. The maximum absolute atomic E-state index is 12.6. The van der Waals surface area contributed by atoms with Crippen molar-refractivity contribution in [3.05, 3.63) is 73.7 Å². The van der Waals surface area contributed by atoms with Crippen LogP contribution in [0.4, 0.5) is 5.69 Å². The zero-order chi connectivity index (χ0) is 19.6. The molecule has 27 heavy (non-hydrogen) atoms. The second-order valence-electron chi connectivity index (χ2n) is 5.71. The first-order valence-corrected chi connectivity index (χ1v) is 9.03. The quantitative estimate of drug-likeness (QED) is 0.564. The average molecular weight is 477 g/mol. The van der Waals surface area contributed by atoms with E-state index >= 15 is 0 Å². The number of carbonyl (C=O) groups excluding carboxylic acids is 1. The Kier molecular flexibility index (Phi) is 5.45. The highest BCUT2D eigenvalue weighted by molar-refractivity contribution is 14.1. The molecule has 7 nitrogen and oxygen atoms in total. The monoisotopic (exact) mass is 477 g/mol. The number of hydrogen-bond donors (Lipinski definition) is 2. The third kappa shape index (κ3) is 3.95. The Morgan fingerprint density at radius 2 is 1.96 bits per heavy atom. The van der Waals surface area contributed by atoms with Gasteiger partial charge >= 0.3 is 0 Å². The Morgan fingerprint density at radius 3 is 2.67 bits per heavy atom. The highest BCUT2D eigenvalue weighted by Crippen LogP contribution is 2.23. The number of benzene rings is 2. The van der Waals surface area contributed by atoms with Crippen molar-refractivity contribution < 1.29 is 14.6 Å². The van der Waals surface area contributed by atoms with Gasteiger partial charge in [-0.05, 0) is 65.4 Å². The Labute approximate surface area is 168 Å². The second kappa shape index (κ2) is 7.78. The Morgan fingerprint density at radius 1 is 1.22 bits per heavy atom. The van der Waals surface area contributed by atoms with Gasteiger partial charge in [0.25, 0.3) is 11.5 Å². The number of rotatable bonds is 4. The van der Waals surface area contributed by atoms with Crippen LogP contribution in [0.2, 0.25) is 0 Å². The van der Waals surface area contributed by atoms with Crippen molar-refractivity contribution >= 4 is 34.2 Å². The minimum absolute atomic E-state index is 0.265. The zero-order valence-corrected chi connectivity index (χ0v) is 16.7. The average Bonchev–Trinajstić information content (AvgIpc) is 2.64. The van der Waals surface area contributed by atoms with Crippen molar-refractivity contribution in [2.45, 2.75) is 6.92 Å². The van der Waals surface area contributed by atoms with E-state index in [1.54, 1.807) is 30.3 Å². The van der Waals surface area contributed by atoms with Crippen LogP contribution in [0.3, 0.4) is 0 Å². The van der Waals surface area contributed by atoms with Crippen molar-refractivity contribution in [1.82, 2.24) is 9.78 Å². The third-order valence-electron chi connectivity index (χ3n) is 3.88. The molecular weight excluding hydrogens is 461 g/mol. The highest BCUT2D eigenvalue weighted by atomic mass is 127. The van der Waals surface area contributed by atoms with Crippen LogP contribution in [0.1, 0.15) is 16.1 Å². The van der Waals surface area contributed by atoms with E-state index in [0.29, 0.717) is 17.1 Å². The number of anilines is 1. The fourth-order valence-corrected chi connectivity index (χ4v) is 3.18. The van der Waals surface area contributed by atoms with Crippen LogP contribution in [-0.2, 0) is 0 Å². The molecule has 1 amide bonds. The van der Waals surface area contributed by atoms with Crippen LogP contribution in [0.5, 0.6) is 11.5 Å². The number of nitrogens with zero attached hydrogens (tertiary/aromatic N) is 2. The minimum atomic E-state index is -0.625. The highest BCUT2D eigenvalue weighted by Gasteiger charge is 2.19. The lowest BCUT2D eigenvalue weighted by atomic mass is 10.2. The van der Waals surface area contributed by atoms with Crippen molar-refractivity contribution in [3.8, 4) is 17.2 Å². The summed E-state index contributed by atoms with van der Waals surface area (Å²) in [6.07, 6.45) is 0. The van der Waals surface area contributed by atoms with E-state index in [4.69, 9.17) is 4.74 Å². The summed E-state index contributed by atoms with van der Waals surface area (Å²) in [6.45, 7) is 1.86. The van der Waals surface area contributed by atoms with Crippen LogP contribution < -0.4 is 15.6 Å². The maximum Gasteiger partial charge on any atom is 0.279 e. The molecule has 0 spiro atoms. The van der Waals surface area contributed by atoms with E-state index in [1.165, 1.54) is 7.11 Å². The van der Waals surface area contributed by atoms with Gasteiger partial charge in [-0.15, -0.1) is 0 Å². The number of para-hydroxylation sites is 2. The predicted molar refractivity (Wildman–Crippen MR) is 110 cm³/mol. The summed E-state index contributed by atoms with van der Waals surface area (Å²) in [7, 11) is 1.47. The number of halogens is 1. The first-order valence-electron chi connectivity index (χ1n) is 7.95. The molecule has 1 heterocycles. The van der Waals surface area contributed by atoms with Crippen molar-refractivity contribution in [1.29, 1.82) is 0 Å². The van der Waals surface area contributed by atoms with E-state index in [9.17, 15) is 14.7 Å². The summed E-state index contributed by atoms with van der Waals surface area (Å²) in [5.41, 5.74) is 0.978. The molecule has 3 aromatic rings. The molecule has 0 bridgehead atoms. The minimum Gasteiger partial charge on any atom is -0.505 e. The Hall–Kier alpha value is -2.88. The van der Waals surface area contributed by atoms with Gasteiger partial charge in [0.2, 0.25) is 0 Å². The lowest BCUT2D eigenvalue weighted by molar-refractivity contribution is 0.101. The molecule has 0 aliphatic rings. The summed E-state index contributed by atoms with van der Waals surface area (Å²) in [4.78, 5) is 24.9. The smallest absolute Gasteiger partial charge is 0.279 e. The fourth-order valence-electron chi connectivity index (χ4n) is 2.53. The van der Waals surface area contributed by atoms with Crippen molar-refractivity contribution in [2.24, 2.45) is 0 Å². The van der Waals surface area contributed by atoms with Gasteiger partial charge in [-0.1, -0.05) is 12.1 Å². The molecule has 0 unspecified atom stereocenters. The Balaban J connectivity index is 2.03. The molecule has 138 valence electrons. The van der Waals surface area contributed by atoms with Crippen LogP contribution in [-0.4, -0.2) is 27.9 Å². The van der Waals surface area contributed by atoms with Gasteiger partial charge in [-0.25, -0.2) is 0 Å². The molecule has 0 aliphatic carbocycles.